The number of nitrogens with zero attached hydrogens (tertiary/aromatic N) is 4. The Balaban J connectivity index is 1.66. The van der Waals surface area contributed by atoms with E-state index in [-0.39, 0.29) is 22.6 Å². The summed E-state index contributed by atoms with van der Waals surface area (Å²) in [5.74, 6) is -2.79. The molecule has 2 saturated heterocycles. The van der Waals surface area contributed by atoms with Gasteiger partial charge in [-0.2, -0.15) is 4.31 Å². The highest BCUT2D eigenvalue weighted by molar-refractivity contribution is 7.89. The van der Waals surface area contributed by atoms with E-state index in [9.17, 15) is 27.9 Å². The zero-order valence-electron chi connectivity index (χ0n) is 23.0. The molecule has 5 rings (SSSR count). The van der Waals surface area contributed by atoms with Gasteiger partial charge in [0.05, 0.1) is 16.2 Å². The van der Waals surface area contributed by atoms with E-state index in [1.165, 1.54) is 38.4 Å². The number of amides is 2. The molecule has 3 aliphatic rings. The van der Waals surface area contributed by atoms with Crippen LogP contribution in [0, 0.1) is 0 Å². The van der Waals surface area contributed by atoms with Crippen molar-refractivity contribution in [2.75, 3.05) is 51.7 Å². The Bertz CT molecular complexity index is 1490. The van der Waals surface area contributed by atoms with Crippen LogP contribution in [0.25, 0.3) is 5.76 Å². The van der Waals surface area contributed by atoms with Gasteiger partial charge in [-0.1, -0.05) is 18.2 Å². The smallest absolute Gasteiger partial charge is 0.296 e. The number of likely N-dealkylation sites (N-methyl/N-ethyl adjacent to an activating group) is 1. The van der Waals surface area contributed by atoms with Crippen LogP contribution >= 0.6 is 0 Å². The number of Topliss-reactive ketones (excluding diaryl/α,β-unsaturated/α-hetero) is 1. The predicted molar refractivity (Wildman–Crippen MR) is 150 cm³/mol. The number of rotatable bonds is 8. The van der Waals surface area contributed by atoms with Crippen molar-refractivity contribution in [2.45, 2.75) is 36.6 Å². The second-order valence-electron chi connectivity index (χ2n) is 10.6. The molecular weight excluding hydrogens is 532 g/mol. The van der Waals surface area contributed by atoms with E-state index in [1.54, 1.807) is 24.3 Å². The highest BCUT2D eigenvalue weighted by Crippen LogP contribution is 2.53. The van der Waals surface area contributed by atoms with Crippen LogP contribution in [-0.4, -0.2) is 92.0 Å². The topological polar surface area (TPSA) is 119 Å². The number of hydrogen-bond acceptors (Lipinski definition) is 7. The Labute approximate surface area is 234 Å². The predicted octanol–water partition coefficient (Wildman–Crippen LogP) is 2.37. The molecule has 212 valence electrons. The van der Waals surface area contributed by atoms with Crippen LogP contribution in [-0.2, 0) is 29.9 Å². The molecule has 2 aromatic rings. The van der Waals surface area contributed by atoms with Gasteiger partial charge in [-0.25, -0.2) is 8.42 Å². The number of fused-ring (bicyclic) bond motifs is 2. The Morgan fingerprint density at radius 1 is 1.00 bits per heavy atom. The molecule has 10 nitrogen and oxygen atoms in total. The van der Waals surface area contributed by atoms with Gasteiger partial charge in [0.15, 0.2) is 5.54 Å². The third kappa shape index (κ3) is 4.15. The number of aliphatic hydroxyl groups is 1. The standard InChI is InChI=1S/C29H34N4O6S/c1-4-32-23-11-6-5-10-22(23)29(28(32)37)24(26(35)27(36)33(29)19-9-16-30(2)3)25(34)20-12-14-21(15-13-20)40(38,39)31-17-7-8-18-31/h5-6,10-15,34H,4,7-9,16-19H2,1-3H3/t29-/m0/s1. The fourth-order valence-corrected chi connectivity index (χ4v) is 7.55. The van der Waals surface area contributed by atoms with Crippen LogP contribution < -0.4 is 4.90 Å². The van der Waals surface area contributed by atoms with Crippen molar-refractivity contribution in [1.82, 2.24) is 14.1 Å². The van der Waals surface area contributed by atoms with Crippen LogP contribution in [0.1, 0.15) is 37.3 Å². The third-order valence-corrected chi connectivity index (χ3v) is 9.86. The van der Waals surface area contributed by atoms with Gasteiger partial charge in [0, 0.05) is 37.3 Å². The molecule has 1 N–H and O–H groups in total. The second-order valence-corrected chi connectivity index (χ2v) is 12.5. The zero-order chi connectivity index (χ0) is 28.8. The maximum Gasteiger partial charge on any atom is 0.296 e. The van der Waals surface area contributed by atoms with Crippen molar-refractivity contribution in [3.8, 4) is 0 Å². The lowest BCUT2D eigenvalue weighted by atomic mass is 9.82. The Kier molecular flexibility index (Phi) is 7.32. The van der Waals surface area contributed by atoms with Crippen LogP contribution in [0.4, 0.5) is 5.69 Å². The number of para-hydroxylation sites is 1. The summed E-state index contributed by atoms with van der Waals surface area (Å²) in [7, 11) is 0.104. The van der Waals surface area contributed by atoms with Gasteiger partial charge in [0.25, 0.3) is 17.6 Å². The molecule has 0 unspecified atom stereocenters. The first-order valence-corrected chi connectivity index (χ1v) is 15.0. The number of ketones is 1. The van der Waals surface area contributed by atoms with E-state index in [2.05, 4.69) is 0 Å². The first-order chi connectivity index (χ1) is 19.1. The van der Waals surface area contributed by atoms with Gasteiger partial charge in [-0.05, 0) is 77.2 Å². The van der Waals surface area contributed by atoms with Crippen molar-refractivity contribution in [2.24, 2.45) is 0 Å². The van der Waals surface area contributed by atoms with E-state index in [1.807, 2.05) is 25.9 Å². The SMILES string of the molecule is CCN1C(=O)[C@@]2(C(=C(O)c3ccc(S(=O)(=O)N4CCCC4)cc3)C(=O)C(=O)N2CCCN(C)C)c2ccccc21. The molecular formula is C29H34N4O6S. The minimum atomic E-state index is -3.69. The molecule has 2 aromatic carbocycles. The summed E-state index contributed by atoms with van der Waals surface area (Å²) in [4.78, 5) is 46.3. The molecule has 2 amide bonds. The first kappa shape index (κ1) is 28.0. The van der Waals surface area contributed by atoms with Gasteiger partial charge in [0.1, 0.15) is 5.76 Å². The summed E-state index contributed by atoms with van der Waals surface area (Å²) in [5.41, 5.74) is -0.942. The van der Waals surface area contributed by atoms with Crippen LogP contribution in [0.5, 0.6) is 0 Å². The number of carbonyl (C=O) groups excluding carboxylic acids is 3. The second kappa shape index (κ2) is 10.5. The maximum atomic E-state index is 14.2. The molecule has 0 aromatic heterocycles. The van der Waals surface area contributed by atoms with E-state index < -0.39 is 38.9 Å². The van der Waals surface area contributed by atoms with Crippen molar-refractivity contribution in [1.29, 1.82) is 0 Å². The number of hydrogen-bond donors (Lipinski definition) is 1. The van der Waals surface area contributed by atoms with E-state index >= 15 is 0 Å². The van der Waals surface area contributed by atoms with Gasteiger partial charge >= 0.3 is 0 Å². The average molecular weight is 567 g/mol. The number of benzene rings is 2. The molecule has 11 heteroatoms. The Morgan fingerprint density at radius 3 is 2.27 bits per heavy atom. The molecule has 0 bridgehead atoms. The van der Waals surface area contributed by atoms with Gasteiger partial charge in [-0.15, -0.1) is 0 Å². The molecule has 1 atom stereocenters. The molecule has 3 aliphatic heterocycles. The quantitative estimate of drug-likeness (QED) is 0.296. The minimum Gasteiger partial charge on any atom is -0.507 e. The van der Waals surface area contributed by atoms with Gasteiger partial charge in [-0.3, -0.25) is 14.4 Å². The summed E-state index contributed by atoms with van der Waals surface area (Å²) in [5, 5.41) is 11.6. The number of sulfonamides is 1. The molecule has 0 saturated carbocycles. The molecule has 1 spiro atoms. The van der Waals surface area contributed by atoms with Gasteiger partial charge < -0.3 is 19.8 Å². The van der Waals surface area contributed by atoms with Crippen molar-refractivity contribution < 1.29 is 27.9 Å². The van der Waals surface area contributed by atoms with Crippen LogP contribution in [0.3, 0.4) is 0 Å². The number of aliphatic hydroxyl groups excluding tert-OH is 1. The normalized spacial score (nSPS) is 22.8. The van der Waals surface area contributed by atoms with Gasteiger partial charge in [0.2, 0.25) is 10.0 Å². The highest BCUT2D eigenvalue weighted by atomic mass is 32.2. The molecule has 0 aliphatic carbocycles. The molecule has 2 fully saturated rings. The molecule has 40 heavy (non-hydrogen) atoms. The Morgan fingerprint density at radius 2 is 1.65 bits per heavy atom. The monoisotopic (exact) mass is 566 g/mol. The third-order valence-electron chi connectivity index (χ3n) is 7.94. The lowest BCUT2D eigenvalue weighted by Gasteiger charge is -2.34. The summed E-state index contributed by atoms with van der Waals surface area (Å²) < 4.78 is 27.4. The minimum absolute atomic E-state index is 0.0734. The molecule has 0 radical (unpaired) electrons. The highest BCUT2D eigenvalue weighted by Gasteiger charge is 2.66. The summed E-state index contributed by atoms with van der Waals surface area (Å²) >= 11 is 0. The van der Waals surface area contributed by atoms with E-state index in [0.717, 1.165) is 12.8 Å². The lowest BCUT2D eigenvalue weighted by Crippen LogP contribution is -2.52. The summed E-state index contributed by atoms with van der Waals surface area (Å²) in [6, 6.07) is 12.6. The first-order valence-electron chi connectivity index (χ1n) is 13.5. The zero-order valence-corrected chi connectivity index (χ0v) is 23.8. The number of anilines is 1. The lowest BCUT2D eigenvalue weighted by molar-refractivity contribution is -0.143. The fraction of sp³-hybridized carbons (Fsp3) is 0.414. The van der Waals surface area contributed by atoms with Crippen molar-refractivity contribution >= 4 is 39.1 Å². The van der Waals surface area contributed by atoms with E-state index in [0.29, 0.717) is 43.9 Å². The Hall–Kier alpha value is -3.54. The number of carbonyl (C=O) groups is 3. The number of likely N-dealkylation sites (tertiary alicyclic amines) is 1. The largest absolute Gasteiger partial charge is 0.507 e. The average Bonchev–Trinajstić information content (AvgIpc) is 3.62. The van der Waals surface area contributed by atoms with Crippen molar-refractivity contribution in [3.63, 3.8) is 0 Å². The summed E-state index contributed by atoms with van der Waals surface area (Å²) in [6.45, 7) is 3.78. The van der Waals surface area contributed by atoms with Crippen LogP contribution in [0.15, 0.2) is 59.0 Å². The van der Waals surface area contributed by atoms with Crippen LogP contribution in [0.2, 0.25) is 0 Å². The maximum absolute atomic E-state index is 14.2. The fourth-order valence-electron chi connectivity index (χ4n) is 6.03. The van der Waals surface area contributed by atoms with E-state index in [4.69, 9.17) is 0 Å². The van der Waals surface area contributed by atoms with Crippen molar-refractivity contribution in [3.05, 3.63) is 65.2 Å². The molecule has 3 heterocycles. The summed E-state index contributed by atoms with van der Waals surface area (Å²) in [6.07, 6.45) is 2.11.